The van der Waals surface area contributed by atoms with E-state index in [1.165, 1.54) is 18.2 Å². The summed E-state index contributed by atoms with van der Waals surface area (Å²) in [7, 11) is 0. The fourth-order valence-corrected chi connectivity index (χ4v) is 2.09. The molecule has 0 aliphatic heterocycles. The maximum absolute atomic E-state index is 12.8. The molecule has 0 atom stereocenters. The van der Waals surface area contributed by atoms with E-state index in [1.54, 1.807) is 0 Å². The molecule has 8 heteroatoms. The van der Waals surface area contributed by atoms with Gasteiger partial charge in [-0.2, -0.15) is 13.2 Å². The van der Waals surface area contributed by atoms with Crippen LogP contribution in [0.25, 0.3) is 11.1 Å². The molecule has 0 saturated carbocycles. The normalized spacial score (nSPS) is 12.3. The van der Waals surface area contributed by atoms with Crippen molar-refractivity contribution in [3.63, 3.8) is 0 Å². The first-order valence-corrected chi connectivity index (χ1v) is 6.28. The lowest BCUT2D eigenvalue weighted by Gasteiger charge is -2.16. The van der Waals surface area contributed by atoms with E-state index in [4.69, 9.17) is 5.11 Å². The number of hydrogen-bond donors (Lipinski definition) is 1. The molecule has 0 aliphatic carbocycles. The summed E-state index contributed by atoms with van der Waals surface area (Å²) >= 11 is 0. The van der Waals surface area contributed by atoms with Gasteiger partial charge in [0.15, 0.2) is 0 Å². The fourth-order valence-electron chi connectivity index (χ4n) is 2.09. The Morgan fingerprint density at radius 3 is 2.13 bits per heavy atom. The summed E-state index contributed by atoms with van der Waals surface area (Å²) in [6, 6.07) is 7.80. The summed E-state index contributed by atoms with van der Waals surface area (Å²) in [4.78, 5) is 0. The predicted molar refractivity (Wildman–Crippen MR) is 69.5 cm³/mol. The van der Waals surface area contributed by atoms with Crippen LogP contribution in [0.2, 0.25) is 0 Å². The number of halogens is 6. The van der Waals surface area contributed by atoms with E-state index >= 15 is 0 Å². The number of alkyl halides is 6. The van der Waals surface area contributed by atoms with Gasteiger partial charge in [0.2, 0.25) is 0 Å². The second-order valence-electron chi connectivity index (χ2n) is 4.57. The number of para-hydroxylation sites is 1. The Bertz CT molecular complexity index is 691. The number of benzene rings is 2. The smallest absolute Gasteiger partial charge is 0.405 e. The van der Waals surface area contributed by atoms with E-state index in [2.05, 4.69) is 4.74 Å². The Balaban J connectivity index is 2.52. The van der Waals surface area contributed by atoms with Gasteiger partial charge in [0.05, 0.1) is 12.2 Å². The van der Waals surface area contributed by atoms with Gasteiger partial charge in [-0.05, 0) is 29.3 Å². The molecule has 0 amide bonds. The van der Waals surface area contributed by atoms with Crippen LogP contribution in [0, 0.1) is 0 Å². The van der Waals surface area contributed by atoms with Crippen molar-refractivity contribution in [2.24, 2.45) is 0 Å². The summed E-state index contributed by atoms with van der Waals surface area (Å²) in [5.74, 6) is -0.538. The Kier molecular flexibility index (Phi) is 4.56. The monoisotopic (exact) mass is 336 g/mol. The Hall–Kier alpha value is -2.22. The molecule has 2 rings (SSSR count). The average Bonchev–Trinajstić information content (AvgIpc) is 2.44. The molecule has 0 saturated heterocycles. The molecule has 0 aromatic heterocycles. The number of hydrogen-bond acceptors (Lipinski definition) is 2. The minimum atomic E-state index is -4.93. The third kappa shape index (κ3) is 4.16. The highest BCUT2D eigenvalue weighted by Crippen LogP contribution is 2.37. The molecule has 1 N–H and O–H groups in total. The first-order chi connectivity index (χ1) is 10.6. The number of rotatable bonds is 3. The molecule has 2 aromatic rings. The zero-order valence-electron chi connectivity index (χ0n) is 11.4. The first kappa shape index (κ1) is 17.1. The van der Waals surface area contributed by atoms with Gasteiger partial charge in [0.1, 0.15) is 5.75 Å². The molecule has 0 bridgehead atoms. The van der Waals surface area contributed by atoms with Crippen LogP contribution in [0.15, 0.2) is 42.5 Å². The van der Waals surface area contributed by atoms with E-state index in [1.807, 2.05) is 0 Å². The van der Waals surface area contributed by atoms with E-state index in [9.17, 15) is 26.3 Å². The summed E-state index contributed by atoms with van der Waals surface area (Å²) in [6.45, 7) is -0.898. The second-order valence-corrected chi connectivity index (χ2v) is 4.57. The summed E-state index contributed by atoms with van der Waals surface area (Å²) in [5, 5.41) is 9.10. The molecule has 0 heterocycles. The lowest BCUT2D eigenvalue weighted by Crippen LogP contribution is -2.17. The highest BCUT2D eigenvalue weighted by Gasteiger charge is 2.34. The largest absolute Gasteiger partial charge is 0.573 e. The predicted octanol–water partition coefficient (Wildman–Crippen LogP) is 4.76. The maximum atomic E-state index is 12.8. The van der Waals surface area contributed by atoms with Crippen LogP contribution in [0.3, 0.4) is 0 Å². The van der Waals surface area contributed by atoms with Gasteiger partial charge in [-0.15, -0.1) is 13.2 Å². The lowest BCUT2D eigenvalue weighted by atomic mass is 9.98. The van der Waals surface area contributed by atoms with Gasteiger partial charge in [-0.3, -0.25) is 0 Å². The van der Waals surface area contributed by atoms with Crippen LogP contribution < -0.4 is 4.74 Å². The molecular formula is C15H10F6O2. The first-order valence-electron chi connectivity index (χ1n) is 6.28. The number of ether oxygens (including phenoxy) is 1. The molecule has 2 nitrogen and oxygen atoms in total. The van der Waals surface area contributed by atoms with Crippen LogP contribution >= 0.6 is 0 Å². The Labute approximate surface area is 126 Å². The van der Waals surface area contributed by atoms with Gasteiger partial charge in [0.25, 0.3) is 0 Å². The van der Waals surface area contributed by atoms with Crippen molar-refractivity contribution < 1.29 is 36.2 Å². The molecule has 0 fully saturated rings. The van der Waals surface area contributed by atoms with Gasteiger partial charge in [-0.1, -0.05) is 24.3 Å². The topological polar surface area (TPSA) is 29.5 Å². The van der Waals surface area contributed by atoms with Gasteiger partial charge >= 0.3 is 12.5 Å². The van der Waals surface area contributed by atoms with Gasteiger partial charge < -0.3 is 9.84 Å². The molecular weight excluding hydrogens is 326 g/mol. The number of aliphatic hydroxyl groups is 1. The third-order valence-electron chi connectivity index (χ3n) is 3.00. The third-order valence-corrected chi connectivity index (χ3v) is 3.00. The molecule has 0 unspecified atom stereocenters. The van der Waals surface area contributed by atoms with Crippen molar-refractivity contribution in [3.05, 3.63) is 53.6 Å². The highest BCUT2D eigenvalue weighted by atomic mass is 19.4. The van der Waals surface area contributed by atoms with E-state index < -0.39 is 36.0 Å². The minimum Gasteiger partial charge on any atom is -0.405 e. The van der Waals surface area contributed by atoms with Crippen molar-refractivity contribution in [3.8, 4) is 16.9 Å². The molecule has 0 radical (unpaired) electrons. The standard InChI is InChI=1S/C15H10F6O2/c16-14(17,18)12-6-5-9(7-10(12)8-22)11-3-1-2-4-13(11)23-15(19,20)21/h1-7,22H,8H2. The van der Waals surface area contributed by atoms with E-state index in [-0.39, 0.29) is 11.1 Å². The van der Waals surface area contributed by atoms with Crippen molar-refractivity contribution in [1.29, 1.82) is 0 Å². The van der Waals surface area contributed by atoms with Crippen molar-refractivity contribution in [2.75, 3.05) is 0 Å². The average molecular weight is 336 g/mol. The Morgan fingerprint density at radius 2 is 1.57 bits per heavy atom. The van der Waals surface area contributed by atoms with E-state index in [0.29, 0.717) is 6.07 Å². The van der Waals surface area contributed by atoms with Gasteiger partial charge in [-0.25, -0.2) is 0 Å². The zero-order valence-corrected chi connectivity index (χ0v) is 11.4. The SMILES string of the molecule is OCc1cc(-c2ccccc2OC(F)(F)F)ccc1C(F)(F)F. The molecule has 23 heavy (non-hydrogen) atoms. The van der Waals surface area contributed by atoms with Crippen LogP contribution in [-0.2, 0) is 12.8 Å². The zero-order chi connectivity index (χ0) is 17.3. The molecule has 0 spiro atoms. The highest BCUT2D eigenvalue weighted by molar-refractivity contribution is 5.71. The van der Waals surface area contributed by atoms with Crippen molar-refractivity contribution in [1.82, 2.24) is 0 Å². The van der Waals surface area contributed by atoms with E-state index in [0.717, 1.165) is 18.2 Å². The summed E-state index contributed by atoms with van der Waals surface area (Å²) < 4.78 is 79.4. The van der Waals surface area contributed by atoms with Gasteiger partial charge in [0, 0.05) is 5.56 Å². The second kappa shape index (κ2) is 6.11. The van der Waals surface area contributed by atoms with Crippen molar-refractivity contribution in [2.45, 2.75) is 19.1 Å². The maximum Gasteiger partial charge on any atom is 0.573 e. The quantitative estimate of drug-likeness (QED) is 0.819. The lowest BCUT2D eigenvalue weighted by molar-refractivity contribution is -0.274. The minimum absolute atomic E-state index is 0.0340. The van der Waals surface area contributed by atoms with Crippen LogP contribution in [-0.4, -0.2) is 11.5 Å². The van der Waals surface area contributed by atoms with Crippen LogP contribution in [0.5, 0.6) is 5.75 Å². The molecule has 124 valence electrons. The summed E-state index contributed by atoms with van der Waals surface area (Å²) in [6.07, 6.45) is -9.60. The summed E-state index contributed by atoms with van der Waals surface area (Å²) in [5.41, 5.74) is -1.44. The number of aliphatic hydroxyl groups excluding tert-OH is 1. The van der Waals surface area contributed by atoms with Crippen molar-refractivity contribution >= 4 is 0 Å². The molecule has 2 aromatic carbocycles. The van der Waals surface area contributed by atoms with Crippen LogP contribution in [0.4, 0.5) is 26.3 Å². The fraction of sp³-hybridized carbons (Fsp3) is 0.200. The van der Waals surface area contributed by atoms with Crippen LogP contribution in [0.1, 0.15) is 11.1 Å². The molecule has 0 aliphatic rings. The Morgan fingerprint density at radius 1 is 0.913 bits per heavy atom.